The van der Waals surface area contributed by atoms with E-state index in [1.54, 1.807) is 0 Å². The van der Waals surface area contributed by atoms with Crippen molar-refractivity contribution in [3.05, 3.63) is 64.2 Å². The number of fused-ring (bicyclic) bond motifs is 5. The molecule has 3 atom stereocenters. The first-order valence-corrected chi connectivity index (χ1v) is 10.3. The Balaban J connectivity index is 1.49. The molecule has 3 aliphatic rings. The monoisotopic (exact) mass is 373 g/mol. The molecule has 4 heteroatoms. The van der Waals surface area contributed by atoms with Crippen LogP contribution >= 0.6 is 0 Å². The van der Waals surface area contributed by atoms with E-state index in [-0.39, 0.29) is 17.4 Å². The first-order chi connectivity index (χ1) is 13.5. The normalized spacial score (nSPS) is 27.5. The number of rotatable bonds is 2. The maximum atomic E-state index is 13.4. The summed E-state index contributed by atoms with van der Waals surface area (Å²) < 4.78 is 0. The maximum absolute atomic E-state index is 13.4. The molecular weight excluding hydrogens is 346 g/mol. The second kappa shape index (κ2) is 6.28. The molecule has 1 saturated heterocycles. The molecule has 0 spiro atoms. The third kappa shape index (κ3) is 2.47. The lowest BCUT2D eigenvalue weighted by molar-refractivity contribution is 0.0250. The molecule has 2 N–H and O–H groups in total. The van der Waals surface area contributed by atoms with Gasteiger partial charge in [0.15, 0.2) is 0 Å². The first-order valence-electron chi connectivity index (χ1n) is 10.3. The van der Waals surface area contributed by atoms with Crippen molar-refractivity contribution in [1.82, 2.24) is 4.90 Å². The van der Waals surface area contributed by atoms with E-state index in [9.17, 15) is 4.79 Å². The molecule has 1 amide bonds. The lowest BCUT2D eigenvalue weighted by Crippen LogP contribution is -2.59. The number of aliphatic imine (C=N–C) groups is 1. The van der Waals surface area contributed by atoms with Gasteiger partial charge in [-0.3, -0.25) is 9.79 Å². The Morgan fingerprint density at radius 3 is 2.93 bits per heavy atom. The second-order valence-electron chi connectivity index (χ2n) is 8.78. The Hall–Kier alpha value is -2.46. The third-order valence-electron chi connectivity index (χ3n) is 7.44. The van der Waals surface area contributed by atoms with Crippen molar-refractivity contribution in [2.75, 3.05) is 6.54 Å². The maximum Gasteiger partial charge on any atom is 0.254 e. The Labute approximate surface area is 166 Å². The van der Waals surface area contributed by atoms with E-state index in [1.165, 1.54) is 16.7 Å². The molecule has 1 aliphatic carbocycles. The number of hydrogen-bond acceptors (Lipinski definition) is 3. The van der Waals surface area contributed by atoms with Crippen molar-refractivity contribution < 1.29 is 4.79 Å². The number of likely N-dealkylation sites (tertiary alicyclic amines) is 1. The van der Waals surface area contributed by atoms with Gasteiger partial charge in [-0.2, -0.15) is 0 Å². The highest BCUT2D eigenvalue weighted by Crippen LogP contribution is 2.49. The fourth-order valence-electron chi connectivity index (χ4n) is 5.46. The second-order valence-corrected chi connectivity index (χ2v) is 8.78. The largest absolute Gasteiger partial charge is 0.335 e. The Bertz CT molecular complexity index is 995. The van der Waals surface area contributed by atoms with Crippen molar-refractivity contribution >= 4 is 17.8 Å². The Kier molecular flexibility index (Phi) is 3.95. The highest BCUT2D eigenvalue weighted by molar-refractivity contribution is 5.96. The lowest BCUT2D eigenvalue weighted by atomic mass is 9.59. The molecule has 2 aromatic carbocycles. The lowest BCUT2D eigenvalue weighted by Gasteiger charge is -2.54. The number of nitrogens with two attached hydrogens (primary N) is 1. The van der Waals surface area contributed by atoms with Gasteiger partial charge < -0.3 is 10.6 Å². The van der Waals surface area contributed by atoms with E-state index in [0.29, 0.717) is 12.5 Å². The zero-order chi connectivity index (χ0) is 19.5. The van der Waals surface area contributed by atoms with E-state index in [4.69, 9.17) is 5.73 Å². The minimum atomic E-state index is 0.103. The van der Waals surface area contributed by atoms with Crippen LogP contribution in [-0.2, 0) is 24.8 Å². The number of hydrogen-bond donors (Lipinski definition) is 1. The molecule has 1 fully saturated rings. The molecule has 28 heavy (non-hydrogen) atoms. The minimum absolute atomic E-state index is 0.103. The summed E-state index contributed by atoms with van der Waals surface area (Å²) in [7, 11) is 0. The number of amides is 1. The zero-order valence-corrected chi connectivity index (χ0v) is 16.6. The van der Waals surface area contributed by atoms with Gasteiger partial charge in [0.1, 0.15) is 0 Å². The quantitative estimate of drug-likeness (QED) is 0.871. The van der Waals surface area contributed by atoms with E-state index in [0.717, 1.165) is 42.6 Å². The Morgan fingerprint density at radius 2 is 2.11 bits per heavy atom. The van der Waals surface area contributed by atoms with Crippen LogP contribution in [0.1, 0.15) is 52.9 Å². The molecule has 0 radical (unpaired) electrons. The first kappa shape index (κ1) is 17.6. The van der Waals surface area contributed by atoms with Gasteiger partial charge in [-0.15, -0.1) is 0 Å². The third-order valence-corrected chi connectivity index (χ3v) is 7.44. The van der Waals surface area contributed by atoms with Crippen LogP contribution in [0.25, 0.3) is 0 Å². The van der Waals surface area contributed by atoms with Gasteiger partial charge in [-0.05, 0) is 64.6 Å². The summed E-state index contributed by atoms with van der Waals surface area (Å²) in [6, 6.07) is 12.9. The highest BCUT2D eigenvalue weighted by Gasteiger charge is 2.49. The SMILES string of the molecule is C[C@@H]1[C@H]2Cc3ccc(CN)cc3[C@]1(C)CCN2C(=O)c1ccc2c(c1)CC=N2. The van der Waals surface area contributed by atoms with Gasteiger partial charge in [-0.25, -0.2) is 0 Å². The van der Waals surface area contributed by atoms with E-state index < -0.39 is 0 Å². The summed E-state index contributed by atoms with van der Waals surface area (Å²) in [4.78, 5) is 19.9. The number of carbonyl (C=O) groups excluding carboxylic acids is 1. The van der Waals surface area contributed by atoms with Crippen LogP contribution < -0.4 is 5.73 Å². The molecule has 2 aliphatic heterocycles. The Morgan fingerprint density at radius 1 is 1.25 bits per heavy atom. The topological polar surface area (TPSA) is 58.7 Å². The summed E-state index contributed by atoms with van der Waals surface area (Å²) in [5.74, 6) is 0.583. The summed E-state index contributed by atoms with van der Waals surface area (Å²) >= 11 is 0. The molecule has 2 bridgehead atoms. The van der Waals surface area contributed by atoms with Gasteiger partial charge in [0.05, 0.1) is 5.69 Å². The van der Waals surface area contributed by atoms with E-state index >= 15 is 0 Å². The van der Waals surface area contributed by atoms with Gasteiger partial charge in [0.25, 0.3) is 5.91 Å². The smallest absolute Gasteiger partial charge is 0.254 e. The van der Waals surface area contributed by atoms with Crippen molar-refractivity contribution in [3.8, 4) is 0 Å². The van der Waals surface area contributed by atoms with Gasteiger partial charge in [0, 0.05) is 37.3 Å². The summed E-state index contributed by atoms with van der Waals surface area (Å²) in [6.45, 7) is 6.08. The fourth-order valence-corrected chi connectivity index (χ4v) is 5.46. The molecule has 4 nitrogen and oxygen atoms in total. The summed E-state index contributed by atoms with van der Waals surface area (Å²) in [5, 5.41) is 0. The average molecular weight is 374 g/mol. The number of piperidine rings is 1. The van der Waals surface area contributed by atoms with Crippen molar-refractivity contribution in [3.63, 3.8) is 0 Å². The molecule has 2 aromatic rings. The molecule has 144 valence electrons. The summed E-state index contributed by atoms with van der Waals surface area (Å²) in [5.41, 5.74) is 13.0. The van der Waals surface area contributed by atoms with Crippen LogP contribution in [-0.4, -0.2) is 29.6 Å². The number of nitrogens with zero attached hydrogens (tertiary/aromatic N) is 2. The van der Waals surface area contributed by atoms with Crippen LogP contribution in [0, 0.1) is 5.92 Å². The molecule has 0 aromatic heterocycles. The molecule has 0 unspecified atom stereocenters. The number of benzene rings is 2. The molecule has 2 heterocycles. The van der Waals surface area contributed by atoms with Gasteiger partial charge in [0.2, 0.25) is 0 Å². The van der Waals surface area contributed by atoms with Crippen LogP contribution in [0.5, 0.6) is 0 Å². The van der Waals surface area contributed by atoms with Gasteiger partial charge >= 0.3 is 0 Å². The molecule has 5 rings (SSSR count). The van der Waals surface area contributed by atoms with Crippen LogP contribution in [0.3, 0.4) is 0 Å². The average Bonchev–Trinajstić information content (AvgIpc) is 3.18. The van der Waals surface area contributed by atoms with Gasteiger partial charge in [-0.1, -0.05) is 32.0 Å². The van der Waals surface area contributed by atoms with Crippen LogP contribution in [0.2, 0.25) is 0 Å². The zero-order valence-electron chi connectivity index (χ0n) is 16.6. The van der Waals surface area contributed by atoms with E-state index in [1.807, 2.05) is 24.4 Å². The predicted molar refractivity (Wildman–Crippen MR) is 112 cm³/mol. The summed E-state index contributed by atoms with van der Waals surface area (Å²) in [6.07, 6.45) is 4.66. The van der Waals surface area contributed by atoms with E-state index in [2.05, 4.69) is 41.9 Å². The van der Waals surface area contributed by atoms with Crippen molar-refractivity contribution in [2.24, 2.45) is 16.6 Å². The predicted octanol–water partition coefficient (Wildman–Crippen LogP) is 3.77. The molecular formula is C24H27N3O. The molecule has 0 saturated carbocycles. The van der Waals surface area contributed by atoms with Crippen molar-refractivity contribution in [1.29, 1.82) is 0 Å². The number of carbonyl (C=O) groups is 1. The van der Waals surface area contributed by atoms with Crippen molar-refractivity contribution in [2.45, 2.75) is 51.1 Å². The van der Waals surface area contributed by atoms with Crippen LogP contribution in [0.15, 0.2) is 41.4 Å². The standard InChI is InChI=1S/C24H27N3O/c1-15-22-13-17-4-3-16(14-25)11-20(17)24(15,2)8-10-27(22)23(28)19-5-6-21-18(12-19)7-9-26-21/h3-6,9,11-12,15,22H,7-8,10,13-14,25H2,1-2H3/t15-,22-,24-/m1/s1. The van der Waals surface area contributed by atoms with Crippen LogP contribution in [0.4, 0.5) is 5.69 Å². The highest BCUT2D eigenvalue weighted by atomic mass is 16.2. The fraction of sp³-hybridized carbons (Fsp3) is 0.417. The minimum Gasteiger partial charge on any atom is -0.335 e.